The Balaban J connectivity index is 1.62. The summed E-state index contributed by atoms with van der Waals surface area (Å²) in [6.45, 7) is 2.50. The molecule has 26 heavy (non-hydrogen) atoms. The molecule has 1 fully saturated rings. The van der Waals surface area contributed by atoms with Gasteiger partial charge in [0, 0.05) is 43.1 Å². The summed E-state index contributed by atoms with van der Waals surface area (Å²) in [6.07, 6.45) is 3.56. The maximum atomic E-state index is 12.3. The molecule has 2 atom stereocenters. The predicted octanol–water partition coefficient (Wildman–Crippen LogP) is 1.91. The fourth-order valence-corrected chi connectivity index (χ4v) is 4.80. The first-order valence-corrected chi connectivity index (χ1v) is 10.1. The third kappa shape index (κ3) is 4.44. The second-order valence-corrected chi connectivity index (χ2v) is 7.79. The third-order valence-electron chi connectivity index (χ3n) is 4.77. The van der Waals surface area contributed by atoms with E-state index in [1.54, 1.807) is 11.8 Å². The van der Waals surface area contributed by atoms with Gasteiger partial charge < -0.3 is 11.1 Å². The average molecular weight is 371 g/mol. The van der Waals surface area contributed by atoms with E-state index in [4.69, 9.17) is 5.73 Å². The van der Waals surface area contributed by atoms with E-state index >= 15 is 0 Å². The first kappa shape index (κ1) is 18.9. The summed E-state index contributed by atoms with van der Waals surface area (Å²) in [7, 11) is 0. The van der Waals surface area contributed by atoms with Gasteiger partial charge in [-0.05, 0) is 30.7 Å². The third-order valence-corrected chi connectivity index (χ3v) is 6.27. The zero-order chi connectivity index (χ0) is 18.2. The molecule has 1 aromatic carbocycles. The summed E-state index contributed by atoms with van der Waals surface area (Å²) in [5, 5.41) is 6.87. The Kier molecular flexibility index (Phi) is 6.66. The Morgan fingerprint density at radius 1 is 1.23 bits per heavy atom. The van der Waals surface area contributed by atoms with E-state index in [1.165, 1.54) is 0 Å². The van der Waals surface area contributed by atoms with Crippen LogP contribution in [-0.4, -0.2) is 41.1 Å². The summed E-state index contributed by atoms with van der Waals surface area (Å²) in [4.78, 5) is 15.9. The monoisotopic (exact) mass is 370 g/mol. The minimum atomic E-state index is -0.718. The summed E-state index contributed by atoms with van der Waals surface area (Å²) in [5.74, 6) is 0.665. The minimum absolute atomic E-state index is 0.0380. The van der Waals surface area contributed by atoms with Crippen LogP contribution in [0.1, 0.15) is 23.6 Å². The zero-order valence-corrected chi connectivity index (χ0v) is 15.7. The quantitative estimate of drug-likeness (QED) is 0.588. The van der Waals surface area contributed by atoms with Crippen molar-refractivity contribution in [3.05, 3.63) is 66.0 Å². The van der Waals surface area contributed by atoms with Gasteiger partial charge >= 0.3 is 0 Å². The standard InChI is InChI=1S/C20H26N4OS/c21-19(25)20(24-14-15-26-20)18(16-6-2-1-3-7-16)10-13-22-12-9-17-8-4-5-11-23-17/h1-8,11,18,22,24H,9-10,12-15H2,(H2,21,25). The molecular formula is C20H26N4OS. The highest BCUT2D eigenvalue weighted by Gasteiger charge is 2.47. The number of amides is 1. The number of rotatable bonds is 9. The normalized spacial score (nSPS) is 20.8. The lowest BCUT2D eigenvalue weighted by molar-refractivity contribution is -0.121. The van der Waals surface area contributed by atoms with E-state index in [1.807, 2.05) is 42.6 Å². The van der Waals surface area contributed by atoms with Crippen LogP contribution < -0.4 is 16.4 Å². The number of nitrogens with two attached hydrogens (primary N) is 1. The maximum Gasteiger partial charge on any atom is 0.248 e. The number of hydrogen-bond acceptors (Lipinski definition) is 5. The van der Waals surface area contributed by atoms with Crippen LogP contribution in [0.2, 0.25) is 0 Å². The van der Waals surface area contributed by atoms with Gasteiger partial charge in [0.05, 0.1) is 0 Å². The lowest BCUT2D eigenvalue weighted by Gasteiger charge is -2.34. The highest BCUT2D eigenvalue weighted by molar-refractivity contribution is 8.01. The van der Waals surface area contributed by atoms with Gasteiger partial charge in [-0.3, -0.25) is 15.1 Å². The van der Waals surface area contributed by atoms with Crippen LogP contribution in [0.15, 0.2) is 54.7 Å². The summed E-state index contributed by atoms with van der Waals surface area (Å²) in [5.41, 5.74) is 8.06. The summed E-state index contributed by atoms with van der Waals surface area (Å²) >= 11 is 1.64. The highest BCUT2D eigenvalue weighted by atomic mass is 32.2. The number of carbonyl (C=O) groups is 1. The number of pyridine rings is 1. The molecule has 3 rings (SSSR count). The SMILES string of the molecule is NC(=O)C1(C(CCNCCc2ccccn2)c2ccccc2)NCCS1. The molecule has 1 aromatic heterocycles. The second kappa shape index (κ2) is 9.16. The van der Waals surface area contributed by atoms with E-state index in [0.29, 0.717) is 0 Å². The van der Waals surface area contributed by atoms with Gasteiger partial charge in [0.15, 0.2) is 4.87 Å². The molecule has 1 amide bonds. The maximum absolute atomic E-state index is 12.3. The topological polar surface area (TPSA) is 80.0 Å². The Bertz CT molecular complexity index is 689. The largest absolute Gasteiger partial charge is 0.367 e. The van der Waals surface area contributed by atoms with E-state index in [-0.39, 0.29) is 11.8 Å². The van der Waals surface area contributed by atoms with Crippen LogP contribution in [0.4, 0.5) is 0 Å². The predicted molar refractivity (Wildman–Crippen MR) is 107 cm³/mol. The smallest absolute Gasteiger partial charge is 0.248 e. The molecule has 0 bridgehead atoms. The van der Waals surface area contributed by atoms with Crippen molar-refractivity contribution in [2.24, 2.45) is 5.73 Å². The number of primary amides is 1. The van der Waals surface area contributed by atoms with Crippen LogP contribution in [-0.2, 0) is 11.2 Å². The molecule has 2 heterocycles. The van der Waals surface area contributed by atoms with E-state index in [2.05, 4.69) is 27.8 Å². The van der Waals surface area contributed by atoms with Gasteiger partial charge in [-0.2, -0.15) is 0 Å². The molecule has 4 N–H and O–H groups in total. The molecule has 0 aliphatic carbocycles. The van der Waals surface area contributed by atoms with Crippen LogP contribution in [0.3, 0.4) is 0 Å². The van der Waals surface area contributed by atoms with Gasteiger partial charge in [-0.15, -0.1) is 11.8 Å². The van der Waals surface area contributed by atoms with Crippen molar-refractivity contribution < 1.29 is 4.79 Å². The number of aromatic nitrogens is 1. The van der Waals surface area contributed by atoms with E-state index in [0.717, 1.165) is 49.5 Å². The molecule has 138 valence electrons. The lowest BCUT2D eigenvalue weighted by atomic mass is 9.87. The fourth-order valence-electron chi connectivity index (χ4n) is 3.48. The Morgan fingerprint density at radius 3 is 2.69 bits per heavy atom. The van der Waals surface area contributed by atoms with Crippen LogP contribution in [0, 0.1) is 0 Å². The molecule has 1 aliphatic heterocycles. The number of nitrogens with one attached hydrogen (secondary N) is 2. The van der Waals surface area contributed by atoms with Crippen molar-refractivity contribution in [1.29, 1.82) is 0 Å². The second-order valence-electron chi connectivity index (χ2n) is 6.45. The molecule has 0 radical (unpaired) electrons. The number of benzene rings is 1. The van der Waals surface area contributed by atoms with Gasteiger partial charge in [-0.25, -0.2) is 0 Å². The van der Waals surface area contributed by atoms with Crippen molar-refractivity contribution in [1.82, 2.24) is 15.6 Å². The van der Waals surface area contributed by atoms with Crippen LogP contribution in [0.25, 0.3) is 0 Å². The molecule has 1 aliphatic rings. The van der Waals surface area contributed by atoms with Crippen molar-refractivity contribution in [2.45, 2.75) is 23.6 Å². The average Bonchev–Trinajstić information content (AvgIpc) is 3.17. The molecule has 0 saturated carbocycles. The molecule has 6 heteroatoms. The fraction of sp³-hybridized carbons (Fsp3) is 0.400. The molecule has 1 saturated heterocycles. The van der Waals surface area contributed by atoms with Crippen LogP contribution >= 0.6 is 11.8 Å². The highest BCUT2D eigenvalue weighted by Crippen LogP contribution is 2.42. The van der Waals surface area contributed by atoms with Crippen LogP contribution in [0.5, 0.6) is 0 Å². The van der Waals surface area contributed by atoms with E-state index in [9.17, 15) is 4.79 Å². The van der Waals surface area contributed by atoms with Crippen molar-refractivity contribution in [3.63, 3.8) is 0 Å². The summed E-state index contributed by atoms with van der Waals surface area (Å²) < 4.78 is 0. The van der Waals surface area contributed by atoms with E-state index < -0.39 is 4.87 Å². The first-order chi connectivity index (χ1) is 12.7. The van der Waals surface area contributed by atoms with Crippen molar-refractivity contribution in [2.75, 3.05) is 25.4 Å². The zero-order valence-electron chi connectivity index (χ0n) is 14.9. The lowest BCUT2D eigenvalue weighted by Crippen LogP contribution is -2.54. The molecule has 2 aromatic rings. The van der Waals surface area contributed by atoms with Gasteiger partial charge in [0.2, 0.25) is 5.91 Å². The minimum Gasteiger partial charge on any atom is -0.367 e. The Morgan fingerprint density at radius 2 is 2.04 bits per heavy atom. The molecule has 2 unspecified atom stereocenters. The van der Waals surface area contributed by atoms with Gasteiger partial charge in [-0.1, -0.05) is 36.4 Å². The van der Waals surface area contributed by atoms with Crippen molar-refractivity contribution >= 4 is 17.7 Å². The number of hydrogen-bond donors (Lipinski definition) is 3. The van der Waals surface area contributed by atoms with Gasteiger partial charge in [0.1, 0.15) is 0 Å². The molecule has 5 nitrogen and oxygen atoms in total. The Labute approximate surface area is 159 Å². The number of carbonyl (C=O) groups excluding carboxylic acids is 1. The van der Waals surface area contributed by atoms with Gasteiger partial charge in [0.25, 0.3) is 0 Å². The molecular weight excluding hydrogens is 344 g/mol. The number of nitrogens with zero attached hydrogens (tertiary/aromatic N) is 1. The molecule has 0 spiro atoms. The Hall–Kier alpha value is -1.89. The number of thioether (sulfide) groups is 1. The van der Waals surface area contributed by atoms with Crippen molar-refractivity contribution in [3.8, 4) is 0 Å². The summed E-state index contributed by atoms with van der Waals surface area (Å²) in [6, 6.07) is 16.2. The first-order valence-electron chi connectivity index (χ1n) is 9.07.